The SMILES string of the molecule is Cc1nsc(N2CCC(CC(=O)N3CCc4ccccc43)CC2)n1. The van der Waals surface area contributed by atoms with Crippen LogP contribution in [0.15, 0.2) is 24.3 Å². The Morgan fingerprint density at radius 3 is 2.79 bits per heavy atom. The number of fused-ring (bicyclic) bond motifs is 1. The smallest absolute Gasteiger partial charge is 0.227 e. The summed E-state index contributed by atoms with van der Waals surface area (Å²) in [5.41, 5.74) is 2.41. The van der Waals surface area contributed by atoms with Crippen molar-refractivity contribution in [1.29, 1.82) is 0 Å². The lowest BCUT2D eigenvalue weighted by Gasteiger charge is -2.32. The van der Waals surface area contributed by atoms with Crippen LogP contribution in [0.1, 0.15) is 30.7 Å². The fourth-order valence-corrected chi connectivity index (χ4v) is 4.42. The molecule has 2 aromatic rings. The van der Waals surface area contributed by atoms with Gasteiger partial charge in [0.25, 0.3) is 0 Å². The lowest BCUT2D eigenvalue weighted by molar-refractivity contribution is -0.119. The predicted octanol–water partition coefficient (Wildman–Crippen LogP) is 3.04. The van der Waals surface area contributed by atoms with Crippen molar-refractivity contribution in [3.63, 3.8) is 0 Å². The number of rotatable bonds is 3. The van der Waals surface area contributed by atoms with Crippen LogP contribution in [0.2, 0.25) is 0 Å². The van der Waals surface area contributed by atoms with E-state index in [9.17, 15) is 4.79 Å². The molecule has 0 bridgehead atoms. The maximum absolute atomic E-state index is 12.7. The van der Waals surface area contributed by atoms with Crippen molar-refractivity contribution >= 4 is 28.3 Å². The first-order valence-corrected chi connectivity index (χ1v) is 9.41. The number of nitrogens with zero attached hydrogens (tertiary/aromatic N) is 4. The van der Waals surface area contributed by atoms with E-state index in [1.54, 1.807) is 0 Å². The van der Waals surface area contributed by atoms with Crippen LogP contribution in [-0.4, -0.2) is 34.9 Å². The topological polar surface area (TPSA) is 49.3 Å². The first-order chi connectivity index (χ1) is 11.7. The number of piperidine rings is 1. The Balaban J connectivity index is 1.33. The number of para-hydroxylation sites is 1. The monoisotopic (exact) mass is 342 g/mol. The van der Waals surface area contributed by atoms with Gasteiger partial charge in [0, 0.05) is 43.3 Å². The molecule has 0 saturated carbocycles. The van der Waals surface area contributed by atoms with Crippen molar-refractivity contribution in [2.45, 2.75) is 32.6 Å². The van der Waals surface area contributed by atoms with Crippen molar-refractivity contribution in [2.24, 2.45) is 5.92 Å². The molecule has 3 heterocycles. The number of aryl methyl sites for hydroxylation is 1. The third-order valence-corrected chi connectivity index (χ3v) is 5.92. The highest BCUT2D eigenvalue weighted by Gasteiger charge is 2.28. The number of aromatic nitrogens is 2. The maximum atomic E-state index is 12.7. The molecule has 1 aromatic carbocycles. The quantitative estimate of drug-likeness (QED) is 0.860. The molecule has 0 aliphatic carbocycles. The van der Waals surface area contributed by atoms with Gasteiger partial charge in [0.15, 0.2) is 0 Å². The van der Waals surface area contributed by atoms with Gasteiger partial charge in [-0.1, -0.05) is 18.2 Å². The molecule has 0 spiro atoms. The third kappa shape index (κ3) is 3.02. The molecule has 4 rings (SSSR count). The van der Waals surface area contributed by atoms with Crippen molar-refractivity contribution < 1.29 is 4.79 Å². The molecule has 126 valence electrons. The number of amides is 1. The average Bonchev–Trinajstić information content (AvgIpc) is 3.22. The van der Waals surface area contributed by atoms with Gasteiger partial charge in [-0.25, -0.2) is 4.98 Å². The first-order valence-electron chi connectivity index (χ1n) is 8.64. The molecule has 0 atom stereocenters. The summed E-state index contributed by atoms with van der Waals surface area (Å²) in [6.07, 6.45) is 3.76. The summed E-state index contributed by atoms with van der Waals surface area (Å²) in [5.74, 6) is 1.61. The van der Waals surface area contributed by atoms with Gasteiger partial charge in [-0.15, -0.1) is 0 Å². The molecule has 5 nitrogen and oxygen atoms in total. The molecule has 2 aliphatic heterocycles. The molecule has 0 radical (unpaired) electrons. The van der Waals surface area contributed by atoms with E-state index in [2.05, 4.69) is 32.5 Å². The Hall–Kier alpha value is -1.95. The van der Waals surface area contributed by atoms with E-state index < -0.39 is 0 Å². The number of hydrogen-bond donors (Lipinski definition) is 0. The van der Waals surface area contributed by atoms with Crippen LogP contribution in [0.4, 0.5) is 10.8 Å². The van der Waals surface area contributed by atoms with Crippen LogP contribution >= 0.6 is 11.5 Å². The van der Waals surface area contributed by atoms with Gasteiger partial charge >= 0.3 is 0 Å². The van der Waals surface area contributed by atoms with Crippen molar-refractivity contribution in [2.75, 3.05) is 29.4 Å². The fraction of sp³-hybridized carbons (Fsp3) is 0.500. The zero-order valence-corrected chi connectivity index (χ0v) is 14.8. The minimum absolute atomic E-state index is 0.283. The zero-order chi connectivity index (χ0) is 16.5. The number of carbonyl (C=O) groups excluding carboxylic acids is 1. The van der Waals surface area contributed by atoms with Gasteiger partial charge in [0.2, 0.25) is 11.0 Å². The summed E-state index contributed by atoms with van der Waals surface area (Å²) in [4.78, 5) is 21.5. The van der Waals surface area contributed by atoms with Crippen molar-refractivity contribution in [1.82, 2.24) is 9.36 Å². The number of hydrogen-bond acceptors (Lipinski definition) is 5. The van der Waals surface area contributed by atoms with Crippen molar-refractivity contribution in [3.8, 4) is 0 Å². The van der Waals surface area contributed by atoms with E-state index in [4.69, 9.17) is 0 Å². The first kappa shape index (κ1) is 15.6. The Labute approximate surface area is 146 Å². The Morgan fingerprint density at radius 2 is 2.04 bits per heavy atom. The van der Waals surface area contributed by atoms with Gasteiger partial charge in [-0.05, 0) is 43.7 Å². The highest BCUT2D eigenvalue weighted by Crippen LogP contribution is 2.31. The molecule has 1 saturated heterocycles. The van der Waals surface area contributed by atoms with Crippen LogP contribution in [-0.2, 0) is 11.2 Å². The molecular formula is C18H22N4OS. The van der Waals surface area contributed by atoms with Gasteiger partial charge in [-0.2, -0.15) is 4.37 Å². The number of anilines is 2. The second-order valence-corrected chi connectivity index (χ2v) is 7.41. The van der Waals surface area contributed by atoms with Gasteiger partial charge < -0.3 is 9.80 Å². The summed E-state index contributed by atoms with van der Waals surface area (Å²) in [6.45, 7) is 4.72. The molecule has 1 fully saturated rings. The third-order valence-electron chi connectivity index (χ3n) is 5.05. The Morgan fingerprint density at radius 1 is 1.25 bits per heavy atom. The minimum atomic E-state index is 0.283. The minimum Gasteiger partial charge on any atom is -0.347 e. The zero-order valence-electron chi connectivity index (χ0n) is 13.9. The standard InChI is InChI=1S/C18H22N4OS/c1-13-19-18(24-20-13)21-9-6-14(7-10-21)12-17(23)22-11-8-15-4-2-3-5-16(15)22/h2-5,14H,6-12H2,1H3. The molecule has 0 unspecified atom stereocenters. The van der Waals surface area contributed by atoms with E-state index >= 15 is 0 Å². The van der Waals surface area contributed by atoms with E-state index in [-0.39, 0.29) is 5.91 Å². The lowest BCUT2D eigenvalue weighted by Crippen LogP contribution is -2.37. The Kier molecular flexibility index (Phi) is 4.22. The maximum Gasteiger partial charge on any atom is 0.227 e. The Bertz CT molecular complexity index is 736. The van der Waals surface area contributed by atoms with E-state index in [0.29, 0.717) is 12.3 Å². The summed E-state index contributed by atoms with van der Waals surface area (Å²) >= 11 is 1.47. The van der Waals surface area contributed by atoms with Crippen LogP contribution < -0.4 is 9.80 Å². The average molecular weight is 342 g/mol. The van der Waals surface area contributed by atoms with E-state index in [1.807, 2.05) is 17.9 Å². The van der Waals surface area contributed by atoms with Gasteiger partial charge in [-0.3, -0.25) is 4.79 Å². The summed E-state index contributed by atoms with van der Waals surface area (Å²) in [7, 11) is 0. The predicted molar refractivity (Wildman–Crippen MR) is 96.7 cm³/mol. The molecule has 1 amide bonds. The highest BCUT2D eigenvalue weighted by molar-refractivity contribution is 7.09. The van der Waals surface area contributed by atoms with Crippen molar-refractivity contribution in [3.05, 3.63) is 35.7 Å². The molecule has 6 heteroatoms. The van der Waals surface area contributed by atoms with E-state index in [0.717, 1.165) is 55.5 Å². The molecular weight excluding hydrogens is 320 g/mol. The number of carbonyl (C=O) groups is 1. The van der Waals surface area contributed by atoms with Crippen LogP contribution in [0.5, 0.6) is 0 Å². The highest BCUT2D eigenvalue weighted by atomic mass is 32.1. The van der Waals surface area contributed by atoms with Crippen LogP contribution in [0.25, 0.3) is 0 Å². The summed E-state index contributed by atoms with van der Waals surface area (Å²) in [6, 6.07) is 8.27. The molecule has 2 aliphatic rings. The lowest BCUT2D eigenvalue weighted by atomic mass is 9.93. The second kappa shape index (κ2) is 6.51. The fourth-order valence-electron chi connectivity index (χ4n) is 3.70. The van der Waals surface area contributed by atoms with Crippen LogP contribution in [0, 0.1) is 12.8 Å². The molecule has 1 aromatic heterocycles. The van der Waals surface area contributed by atoms with E-state index in [1.165, 1.54) is 17.1 Å². The largest absolute Gasteiger partial charge is 0.347 e. The second-order valence-electron chi connectivity index (χ2n) is 6.68. The normalized spacial score (nSPS) is 18.0. The van der Waals surface area contributed by atoms with Gasteiger partial charge in [0.05, 0.1) is 0 Å². The summed E-state index contributed by atoms with van der Waals surface area (Å²) in [5, 5.41) is 1.02. The summed E-state index contributed by atoms with van der Waals surface area (Å²) < 4.78 is 4.26. The molecule has 0 N–H and O–H groups in total. The number of benzene rings is 1. The van der Waals surface area contributed by atoms with Gasteiger partial charge in [0.1, 0.15) is 5.82 Å². The van der Waals surface area contributed by atoms with Crippen LogP contribution in [0.3, 0.4) is 0 Å². The molecule has 24 heavy (non-hydrogen) atoms.